The van der Waals surface area contributed by atoms with Gasteiger partial charge in [-0.3, -0.25) is 9.69 Å². The van der Waals surface area contributed by atoms with Crippen LogP contribution in [0, 0.1) is 5.92 Å². The molecule has 1 aromatic rings. The van der Waals surface area contributed by atoms with E-state index in [-0.39, 0.29) is 22.9 Å². The van der Waals surface area contributed by atoms with Crippen molar-refractivity contribution in [2.75, 3.05) is 0 Å². The zero-order valence-electron chi connectivity index (χ0n) is 19.8. The molecule has 1 heterocycles. The lowest BCUT2D eigenvalue weighted by molar-refractivity contribution is -0.255. The highest BCUT2D eigenvalue weighted by atomic mass is 28.4. The molecule has 5 heteroatoms. The Bertz CT molecular complexity index is 753. The van der Waals surface area contributed by atoms with Gasteiger partial charge in [-0.05, 0) is 36.0 Å². The third-order valence-corrected chi connectivity index (χ3v) is 10.8. The van der Waals surface area contributed by atoms with Crippen LogP contribution in [0.15, 0.2) is 55.6 Å². The zero-order chi connectivity index (χ0) is 22.7. The molecule has 3 atom stereocenters. The van der Waals surface area contributed by atoms with Gasteiger partial charge in [0.1, 0.15) is 0 Å². The average molecular weight is 430 g/mol. The van der Waals surface area contributed by atoms with Crippen LogP contribution in [0.5, 0.6) is 0 Å². The van der Waals surface area contributed by atoms with Crippen molar-refractivity contribution in [3.05, 3.63) is 61.2 Å². The fourth-order valence-electron chi connectivity index (χ4n) is 3.61. The minimum Gasteiger partial charge on any atom is -0.374 e. The van der Waals surface area contributed by atoms with Crippen LogP contribution < -0.4 is 0 Å². The molecule has 0 saturated carbocycles. The van der Waals surface area contributed by atoms with E-state index in [1.165, 1.54) is 0 Å². The third kappa shape index (κ3) is 4.79. The molecule has 1 unspecified atom stereocenters. The number of allylic oxidation sites excluding steroid dienone is 1. The van der Waals surface area contributed by atoms with Gasteiger partial charge in [0, 0.05) is 6.42 Å². The molecule has 0 N–H and O–H groups in total. The molecule has 166 valence electrons. The normalized spacial score (nSPS) is 23.7. The Balaban J connectivity index is 2.64. The van der Waals surface area contributed by atoms with Crippen molar-refractivity contribution in [1.29, 1.82) is 0 Å². The van der Waals surface area contributed by atoms with E-state index in [0.717, 1.165) is 5.56 Å². The van der Waals surface area contributed by atoms with Crippen LogP contribution in [0.2, 0.25) is 18.1 Å². The van der Waals surface area contributed by atoms with Crippen LogP contribution in [0.4, 0.5) is 0 Å². The highest BCUT2D eigenvalue weighted by molar-refractivity contribution is 6.74. The minimum atomic E-state index is -2.28. The van der Waals surface area contributed by atoms with Crippen LogP contribution in [0.3, 0.4) is 0 Å². The molecule has 0 radical (unpaired) electrons. The van der Waals surface area contributed by atoms with Crippen molar-refractivity contribution in [1.82, 2.24) is 4.90 Å². The lowest BCUT2D eigenvalue weighted by Crippen LogP contribution is -2.60. The van der Waals surface area contributed by atoms with Gasteiger partial charge in [0.15, 0.2) is 14.4 Å². The van der Waals surface area contributed by atoms with Gasteiger partial charge in [-0.1, -0.05) is 77.1 Å². The van der Waals surface area contributed by atoms with E-state index >= 15 is 0 Å². The second kappa shape index (κ2) is 9.21. The van der Waals surface area contributed by atoms with E-state index < -0.39 is 20.3 Å². The van der Waals surface area contributed by atoms with Gasteiger partial charge in [-0.2, -0.15) is 0 Å². The van der Waals surface area contributed by atoms with Crippen LogP contribution in [0.25, 0.3) is 0 Å². The number of rotatable bonds is 9. The minimum absolute atomic E-state index is 0.0292. The lowest BCUT2D eigenvalue weighted by atomic mass is 10.00. The molecule has 0 aromatic heterocycles. The van der Waals surface area contributed by atoms with E-state index in [4.69, 9.17) is 9.16 Å². The molecule has 30 heavy (non-hydrogen) atoms. The number of ether oxygens (including phenoxy) is 1. The zero-order valence-corrected chi connectivity index (χ0v) is 20.8. The number of amides is 1. The average Bonchev–Trinajstić information content (AvgIpc) is 2.93. The summed E-state index contributed by atoms with van der Waals surface area (Å²) in [5, 5.41) is -0.0292. The first-order chi connectivity index (χ1) is 13.9. The second-order valence-corrected chi connectivity index (χ2v) is 14.7. The van der Waals surface area contributed by atoms with E-state index in [1.807, 2.05) is 47.4 Å². The van der Waals surface area contributed by atoms with Crippen molar-refractivity contribution >= 4 is 14.2 Å². The molecular formula is C25H39NO3Si. The fourth-order valence-corrected chi connectivity index (χ4v) is 4.97. The van der Waals surface area contributed by atoms with E-state index in [9.17, 15) is 4.79 Å². The largest absolute Gasteiger partial charge is 0.374 e. The maximum Gasteiger partial charge on any atom is 0.261 e. The summed E-state index contributed by atoms with van der Waals surface area (Å²) in [6, 6.07) is 9.49. The molecule has 1 aliphatic heterocycles. The number of nitrogens with zero attached hydrogens (tertiary/aromatic N) is 1. The van der Waals surface area contributed by atoms with E-state index in [1.54, 1.807) is 0 Å². The van der Waals surface area contributed by atoms with Gasteiger partial charge < -0.3 is 9.16 Å². The number of carbonyl (C=O) groups excluding carboxylic acids is 1. The summed E-state index contributed by atoms with van der Waals surface area (Å²) in [7, 11) is -2.28. The van der Waals surface area contributed by atoms with E-state index in [2.05, 4.69) is 60.9 Å². The standard InChI is InChI=1S/C25H39NO3Si/c1-10-12-18-25(29-30(8,9)24(5,6)7)26(21(11-2)19(3)4)23(27)22(28-25)20-16-14-13-15-17-20/h10-11,13-17,19,21-22H,1-2,12,18H2,3-9H3/t21-,22+,25?/m1/s1. The molecule has 0 aliphatic carbocycles. The van der Waals surface area contributed by atoms with Crippen LogP contribution in [0.1, 0.15) is 59.1 Å². The smallest absolute Gasteiger partial charge is 0.261 e. The molecule has 1 fully saturated rings. The predicted molar refractivity (Wildman–Crippen MR) is 126 cm³/mol. The van der Waals surface area contributed by atoms with Gasteiger partial charge in [0.05, 0.1) is 6.04 Å². The summed E-state index contributed by atoms with van der Waals surface area (Å²) in [5.74, 6) is -1.03. The van der Waals surface area contributed by atoms with Gasteiger partial charge >= 0.3 is 0 Å². The van der Waals surface area contributed by atoms with Crippen molar-refractivity contribution in [2.45, 2.75) is 83.6 Å². The van der Waals surface area contributed by atoms with Crippen LogP contribution in [-0.2, 0) is 14.0 Å². The van der Waals surface area contributed by atoms with Gasteiger partial charge in [-0.15, -0.1) is 13.2 Å². The first-order valence-electron chi connectivity index (χ1n) is 10.9. The summed E-state index contributed by atoms with van der Waals surface area (Å²) in [6.45, 7) is 23.1. The Kier molecular flexibility index (Phi) is 7.54. The molecule has 1 saturated heterocycles. The highest BCUT2D eigenvalue weighted by Gasteiger charge is 2.59. The van der Waals surface area contributed by atoms with Crippen molar-refractivity contribution in [2.24, 2.45) is 5.92 Å². The van der Waals surface area contributed by atoms with Crippen molar-refractivity contribution < 1.29 is 14.0 Å². The molecule has 0 spiro atoms. The quantitative estimate of drug-likeness (QED) is 0.335. The summed E-state index contributed by atoms with van der Waals surface area (Å²) in [6.07, 6.45) is 4.23. The number of hydrogen-bond donors (Lipinski definition) is 0. The summed E-state index contributed by atoms with van der Waals surface area (Å²) in [5.41, 5.74) is 0.846. The number of benzene rings is 1. The number of hydrogen-bond acceptors (Lipinski definition) is 3. The van der Waals surface area contributed by atoms with Crippen molar-refractivity contribution in [3.8, 4) is 0 Å². The third-order valence-electron chi connectivity index (χ3n) is 6.34. The van der Waals surface area contributed by atoms with Crippen LogP contribution in [-0.4, -0.2) is 31.1 Å². The SMILES string of the molecule is C=CCCC1(O[Si](C)(C)C(C)(C)C)O[C@@H](c2ccccc2)C(=O)N1[C@H](C=C)C(C)C. The van der Waals surface area contributed by atoms with Gasteiger partial charge in [-0.25, -0.2) is 0 Å². The molecule has 1 aromatic carbocycles. The lowest BCUT2D eigenvalue weighted by Gasteiger charge is -2.48. The molecule has 2 rings (SSSR count). The summed E-state index contributed by atoms with van der Waals surface area (Å²) in [4.78, 5) is 15.6. The molecular weight excluding hydrogens is 390 g/mol. The first kappa shape index (κ1) is 24.6. The van der Waals surface area contributed by atoms with Crippen molar-refractivity contribution in [3.63, 3.8) is 0 Å². The van der Waals surface area contributed by atoms with Gasteiger partial charge in [0.2, 0.25) is 5.91 Å². The topological polar surface area (TPSA) is 38.8 Å². The number of carbonyl (C=O) groups is 1. The Morgan fingerprint density at radius 3 is 2.30 bits per heavy atom. The Labute approximate surface area is 184 Å². The first-order valence-corrected chi connectivity index (χ1v) is 13.8. The Morgan fingerprint density at radius 1 is 1.23 bits per heavy atom. The Morgan fingerprint density at radius 2 is 1.83 bits per heavy atom. The van der Waals surface area contributed by atoms with E-state index in [0.29, 0.717) is 12.8 Å². The molecule has 1 amide bonds. The maximum absolute atomic E-state index is 13.8. The fraction of sp³-hybridized carbons (Fsp3) is 0.560. The molecule has 4 nitrogen and oxygen atoms in total. The monoisotopic (exact) mass is 429 g/mol. The predicted octanol–water partition coefficient (Wildman–Crippen LogP) is 6.44. The summed E-state index contributed by atoms with van der Waals surface area (Å²) < 4.78 is 13.6. The highest BCUT2D eigenvalue weighted by Crippen LogP contribution is 2.48. The van der Waals surface area contributed by atoms with Gasteiger partial charge in [0.25, 0.3) is 5.91 Å². The maximum atomic E-state index is 13.8. The second-order valence-electron chi connectivity index (χ2n) is 9.99. The summed E-state index contributed by atoms with van der Waals surface area (Å²) >= 11 is 0. The Hall–Kier alpha value is -1.69. The molecule has 0 bridgehead atoms. The molecule has 1 aliphatic rings. The van der Waals surface area contributed by atoms with Crippen LogP contribution >= 0.6 is 0 Å².